The predicted molar refractivity (Wildman–Crippen MR) is 52.6 cm³/mol. The van der Waals surface area contributed by atoms with Crippen molar-refractivity contribution in [1.82, 2.24) is 5.01 Å². The largest absolute Gasteiger partial charge is 0.377 e. The Labute approximate surface area is 78.8 Å². The monoisotopic (exact) mass is 180 g/mol. The van der Waals surface area contributed by atoms with E-state index in [2.05, 4.69) is 0 Å². The molecular formula is C10H16N2O. The Balaban J connectivity index is 2.73. The maximum Gasteiger partial charge on any atom is 0.117 e. The van der Waals surface area contributed by atoms with E-state index in [-0.39, 0.29) is 6.04 Å². The molecule has 0 bridgehead atoms. The van der Waals surface area contributed by atoms with Crippen molar-refractivity contribution in [2.45, 2.75) is 26.1 Å². The zero-order chi connectivity index (χ0) is 9.84. The standard InChI is InChI=1S/C10H16N2O/c1-8(12(11)9(2)13)10-6-4-3-5-7-10/h3-9,13H,11H2,1-2H3. The lowest BCUT2D eigenvalue weighted by molar-refractivity contribution is -0.00893. The summed E-state index contributed by atoms with van der Waals surface area (Å²) in [6.07, 6.45) is -0.629. The van der Waals surface area contributed by atoms with E-state index >= 15 is 0 Å². The number of benzene rings is 1. The molecule has 0 radical (unpaired) electrons. The average molecular weight is 180 g/mol. The van der Waals surface area contributed by atoms with Gasteiger partial charge in [-0.05, 0) is 19.4 Å². The number of hydrogen-bond donors (Lipinski definition) is 2. The quantitative estimate of drug-likeness (QED) is 0.418. The van der Waals surface area contributed by atoms with Crippen molar-refractivity contribution in [1.29, 1.82) is 0 Å². The van der Waals surface area contributed by atoms with Crippen LogP contribution in [0.5, 0.6) is 0 Å². The van der Waals surface area contributed by atoms with Crippen LogP contribution in [0.1, 0.15) is 25.5 Å². The van der Waals surface area contributed by atoms with Gasteiger partial charge < -0.3 is 5.11 Å². The molecule has 0 heterocycles. The Morgan fingerprint density at radius 2 is 1.77 bits per heavy atom. The number of rotatable bonds is 3. The summed E-state index contributed by atoms with van der Waals surface area (Å²) in [6, 6.07) is 9.89. The summed E-state index contributed by atoms with van der Waals surface area (Å²) in [4.78, 5) is 0. The lowest BCUT2D eigenvalue weighted by Crippen LogP contribution is -2.40. The first kappa shape index (κ1) is 10.2. The van der Waals surface area contributed by atoms with Gasteiger partial charge in [-0.1, -0.05) is 30.3 Å². The zero-order valence-corrected chi connectivity index (χ0v) is 8.01. The van der Waals surface area contributed by atoms with Gasteiger partial charge in [0.25, 0.3) is 0 Å². The van der Waals surface area contributed by atoms with Crippen LogP contribution in [-0.4, -0.2) is 16.3 Å². The highest BCUT2D eigenvalue weighted by atomic mass is 16.3. The second kappa shape index (κ2) is 4.37. The van der Waals surface area contributed by atoms with Crippen LogP contribution >= 0.6 is 0 Å². The third kappa shape index (κ3) is 2.52. The van der Waals surface area contributed by atoms with E-state index in [1.54, 1.807) is 6.92 Å². The molecule has 1 rings (SSSR count). The molecule has 3 nitrogen and oxygen atoms in total. The van der Waals surface area contributed by atoms with Crippen LogP contribution in [0, 0.1) is 0 Å². The number of nitrogens with two attached hydrogens (primary N) is 1. The van der Waals surface area contributed by atoms with Crippen molar-refractivity contribution < 1.29 is 5.11 Å². The summed E-state index contributed by atoms with van der Waals surface area (Å²) >= 11 is 0. The number of aliphatic hydroxyl groups is 1. The molecule has 0 aliphatic carbocycles. The molecule has 0 aliphatic heterocycles. The van der Waals surface area contributed by atoms with E-state index in [9.17, 15) is 5.11 Å². The third-order valence-corrected chi connectivity index (χ3v) is 2.16. The molecule has 3 N–H and O–H groups in total. The molecule has 2 atom stereocenters. The Morgan fingerprint density at radius 1 is 1.23 bits per heavy atom. The Hall–Kier alpha value is -0.900. The Bertz CT molecular complexity index is 248. The summed E-state index contributed by atoms with van der Waals surface area (Å²) < 4.78 is 0. The normalized spacial score (nSPS) is 15.8. The lowest BCUT2D eigenvalue weighted by atomic mass is 10.1. The molecule has 3 heteroatoms. The van der Waals surface area contributed by atoms with Gasteiger partial charge in [0, 0.05) is 6.04 Å². The number of hydrogen-bond acceptors (Lipinski definition) is 3. The SMILES string of the molecule is CC(O)N(N)C(C)c1ccccc1. The minimum absolute atomic E-state index is 0.0289. The topological polar surface area (TPSA) is 49.5 Å². The molecule has 0 amide bonds. The fourth-order valence-electron chi connectivity index (χ4n) is 1.23. The molecule has 0 saturated carbocycles. The Kier molecular flexibility index (Phi) is 3.42. The molecule has 0 fully saturated rings. The van der Waals surface area contributed by atoms with Crippen molar-refractivity contribution in [3.05, 3.63) is 35.9 Å². The highest BCUT2D eigenvalue weighted by Gasteiger charge is 2.15. The van der Waals surface area contributed by atoms with Gasteiger partial charge in [-0.25, -0.2) is 5.01 Å². The van der Waals surface area contributed by atoms with Crippen LogP contribution in [0.25, 0.3) is 0 Å². The van der Waals surface area contributed by atoms with Crippen molar-refractivity contribution in [3.63, 3.8) is 0 Å². The minimum atomic E-state index is -0.629. The van der Waals surface area contributed by atoms with Crippen molar-refractivity contribution >= 4 is 0 Å². The second-order valence-electron chi connectivity index (χ2n) is 3.17. The number of nitrogens with zero attached hydrogens (tertiary/aromatic N) is 1. The molecule has 0 aliphatic rings. The zero-order valence-electron chi connectivity index (χ0n) is 8.01. The van der Waals surface area contributed by atoms with E-state index in [4.69, 9.17) is 5.84 Å². The molecule has 1 aromatic carbocycles. The van der Waals surface area contributed by atoms with Gasteiger partial charge in [0.1, 0.15) is 6.23 Å². The van der Waals surface area contributed by atoms with E-state index in [0.717, 1.165) is 5.56 Å². The summed E-state index contributed by atoms with van der Waals surface area (Å²) in [6.45, 7) is 3.61. The maximum absolute atomic E-state index is 9.25. The molecule has 0 spiro atoms. The number of aliphatic hydroxyl groups excluding tert-OH is 1. The highest BCUT2D eigenvalue weighted by Crippen LogP contribution is 2.17. The molecule has 0 saturated heterocycles. The van der Waals surface area contributed by atoms with Crippen molar-refractivity contribution in [3.8, 4) is 0 Å². The summed E-state index contributed by atoms with van der Waals surface area (Å²) in [7, 11) is 0. The van der Waals surface area contributed by atoms with Gasteiger partial charge in [-0.3, -0.25) is 5.84 Å². The first-order valence-corrected chi connectivity index (χ1v) is 4.39. The fraction of sp³-hybridized carbons (Fsp3) is 0.400. The van der Waals surface area contributed by atoms with Gasteiger partial charge in [0.2, 0.25) is 0 Å². The number of hydrazine groups is 1. The molecular weight excluding hydrogens is 164 g/mol. The van der Waals surface area contributed by atoms with Crippen LogP contribution in [0.15, 0.2) is 30.3 Å². The lowest BCUT2D eigenvalue weighted by Gasteiger charge is -2.26. The molecule has 13 heavy (non-hydrogen) atoms. The highest BCUT2D eigenvalue weighted by molar-refractivity contribution is 5.17. The first-order valence-electron chi connectivity index (χ1n) is 4.39. The second-order valence-corrected chi connectivity index (χ2v) is 3.17. The van der Waals surface area contributed by atoms with Crippen LogP contribution in [0.2, 0.25) is 0 Å². The molecule has 72 valence electrons. The third-order valence-electron chi connectivity index (χ3n) is 2.16. The van der Waals surface area contributed by atoms with Gasteiger partial charge in [0.15, 0.2) is 0 Å². The van der Waals surface area contributed by atoms with Crippen LogP contribution in [-0.2, 0) is 0 Å². The summed E-state index contributed by atoms with van der Waals surface area (Å²) in [5, 5.41) is 10.7. The first-order chi connectivity index (χ1) is 6.13. The van der Waals surface area contributed by atoms with E-state index < -0.39 is 6.23 Å². The minimum Gasteiger partial charge on any atom is -0.377 e. The summed E-state index contributed by atoms with van der Waals surface area (Å²) in [5.41, 5.74) is 1.10. The van der Waals surface area contributed by atoms with Gasteiger partial charge in [0.05, 0.1) is 0 Å². The summed E-state index contributed by atoms with van der Waals surface area (Å²) in [5.74, 6) is 5.68. The van der Waals surface area contributed by atoms with Crippen LogP contribution in [0.3, 0.4) is 0 Å². The average Bonchev–Trinajstić information content (AvgIpc) is 2.17. The van der Waals surface area contributed by atoms with Gasteiger partial charge >= 0.3 is 0 Å². The molecule has 1 aromatic rings. The predicted octanol–water partition coefficient (Wildman–Crippen LogP) is 1.26. The fourth-order valence-corrected chi connectivity index (χ4v) is 1.23. The smallest absolute Gasteiger partial charge is 0.117 e. The van der Waals surface area contributed by atoms with Gasteiger partial charge in [-0.2, -0.15) is 0 Å². The van der Waals surface area contributed by atoms with Crippen LogP contribution in [0.4, 0.5) is 0 Å². The Morgan fingerprint density at radius 3 is 2.23 bits per heavy atom. The maximum atomic E-state index is 9.25. The molecule has 2 unspecified atom stereocenters. The van der Waals surface area contributed by atoms with E-state index in [1.165, 1.54) is 5.01 Å². The van der Waals surface area contributed by atoms with Crippen LogP contribution < -0.4 is 5.84 Å². The van der Waals surface area contributed by atoms with Crippen molar-refractivity contribution in [2.24, 2.45) is 5.84 Å². The van der Waals surface area contributed by atoms with Gasteiger partial charge in [-0.15, -0.1) is 0 Å². The van der Waals surface area contributed by atoms with E-state index in [1.807, 2.05) is 37.3 Å². The van der Waals surface area contributed by atoms with E-state index in [0.29, 0.717) is 0 Å². The van der Waals surface area contributed by atoms with Crippen molar-refractivity contribution in [2.75, 3.05) is 0 Å². The molecule has 0 aromatic heterocycles.